The highest BCUT2D eigenvalue weighted by Crippen LogP contribution is 2.19. The van der Waals surface area contributed by atoms with E-state index in [0.29, 0.717) is 11.4 Å². The smallest absolute Gasteiger partial charge is 0.339 e. The lowest BCUT2D eigenvalue weighted by Crippen LogP contribution is -2.37. The van der Waals surface area contributed by atoms with Gasteiger partial charge in [0.05, 0.1) is 5.56 Å². The van der Waals surface area contributed by atoms with Crippen LogP contribution in [0.5, 0.6) is 0 Å². The summed E-state index contributed by atoms with van der Waals surface area (Å²) in [7, 11) is 0. The number of anilines is 2. The highest BCUT2D eigenvalue weighted by molar-refractivity contribution is 5.94. The molecule has 1 saturated carbocycles. The van der Waals surface area contributed by atoms with E-state index in [1.807, 2.05) is 0 Å². The summed E-state index contributed by atoms with van der Waals surface area (Å²) in [5, 5.41) is 2.77. The quantitative estimate of drug-likeness (QED) is 0.546. The second-order valence-electron chi connectivity index (χ2n) is 4.72. The van der Waals surface area contributed by atoms with Gasteiger partial charge >= 0.3 is 5.97 Å². The molecule has 0 bridgehead atoms. The lowest BCUT2D eigenvalue weighted by molar-refractivity contribution is -0.129. The van der Waals surface area contributed by atoms with Gasteiger partial charge in [-0.3, -0.25) is 4.79 Å². The third-order valence-corrected chi connectivity index (χ3v) is 2.79. The molecular formula is C13H17N3O3. The molecule has 1 aliphatic carbocycles. The average Bonchev–Trinajstić information content (AvgIpc) is 3.11. The van der Waals surface area contributed by atoms with Crippen LogP contribution in [0.1, 0.15) is 30.1 Å². The van der Waals surface area contributed by atoms with E-state index in [0.717, 1.165) is 12.8 Å². The summed E-state index contributed by atoms with van der Waals surface area (Å²) in [6, 6.07) is 4.70. The second kappa shape index (κ2) is 5.17. The van der Waals surface area contributed by atoms with Gasteiger partial charge < -0.3 is 21.5 Å². The van der Waals surface area contributed by atoms with Gasteiger partial charge in [0.1, 0.15) is 0 Å². The summed E-state index contributed by atoms with van der Waals surface area (Å²) < 4.78 is 5.07. The maximum absolute atomic E-state index is 11.9. The molecular weight excluding hydrogens is 246 g/mol. The molecule has 1 aromatic carbocycles. The lowest BCUT2D eigenvalue weighted by atomic mass is 10.2. The number of carbonyl (C=O) groups is 2. The topological polar surface area (TPSA) is 107 Å². The van der Waals surface area contributed by atoms with E-state index in [1.165, 1.54) is 19.1 Å². The molecule has 1 fully saturated rings. The fourth-order valence-electron chi connectivity index (χ4n) is 1.62. The molecule has 0 spiro atoms. The Kier molecular flexibility index (Phi) is 3.59. The highest BCUT2D eigenvalue weighted by atomic mass is 16.5. The van der Waals surface area contributed by atoms with Crippen molar-refractivity contribution < 1.29 is 14.3 Å². The minimum atomic E-state index is -0.837. The molecule has 1 unspecified atom stereocenters. The zero-order chi connectivity index (χ0) is 14.0. The number of hydrogen-bond donors (Lipinski definition) is 3. The molecule has 6 heteroatoms. The lowest BCUT2D eigenvalue weighted by Gasteiger charge is -2.13. The minimum Gasteiger partial charge on any atom is -0.449 e. The van der Waals surface area contributed by atoms with Crippen LogP contribution in [0.3, 0.4) is 0 Å². The molecule has 0 aliphatic heterocycles. The number of benzene rings is 1. The Morgan fingerprint density at radius 3 is 2.37 bits per heavy atom. The van der Waals surface area contributed by atoms with Gasteiger partial charge in [0.15, 0.2) is 6.10 Å². The van der Waals surface area contributed by atoms with Crippen LogP contribution in [0.4, 0.5) is 11.4 Å². The number of rotatable bonds is 4. The Hall–Kier alpha value is -2.24. The van der Waals surface area contributed by atoms with Crippen molar-refractivity contribution in [3.8, 4) is 0 Å². The van der Waals surface area contributed by atoms with Crippen molar-refractivity contribution in [3.63, 3.8) is 0 Å². The number of amides is 1. The molecule has 1 aliphatic rings. The predicted octanol–water partition coefficient (Wildman–Crippen LogP) is 0.675. The van der Waals surface area contributed by atoms with Crippen molar-refractivity contribution in [2.45, 2.75) is 31.9 Å². The van der Waals surface area contributed by atoms with E-state index in [2.05, 4.69) is 5.32 Å². The first-order valence-electron chi connectivity index (χ1n) is 6.13. The molecule has 0 radical (unpaired) electrons. The number of esters is 1. The summed E-state index contributed by atoms with van der Waals surface area (Å²) in [5.41, 5.74) is 12.2. The van der Waals surface area contributed by atoms with Crippen LogP contribution in [0, 0.1) is 0 Å². The Morgan fingerprint density at radius 2 is 1.84 bits per heavy atom. The first-order valence-corrected chi connectivity index (χ1v) is 6.13. The number of ether oxygens (including phenoxy) is 1. The monoisotopic (exact) mass is 263 g/mol. The van der Waals surface area contributed by atoms with Gasteiger partial charge in [-0.1, -0.05) is 0 Å². The summed E-state index contributed by atoms with van der Waals surface area (Å²) in [5.74, 6) is -0.898. The van der Waals surface area contributed by atoms with Crippen molar-refractivity contribution in [1.82, 2.24) is 5.32 Å². The molecule has 6 nitrogen and oxygen atoms in total. The summed E-state index contributed by atoms with van der Waals surface area (Å²) >= 11 is 0. The molecule has 5 N–H and O–H groups in total. The Morgan fingerprint density at radius 1 is 1.26 bits per heavy atom. The highest BCUT2D eigenvalue weighted by Gasteiger charge is 2.27. The van der Waals surface area contributed by atoms with Crippen LogP contribution >= 0.6 is 0 Å². The second-order valence-corrected chi connectivity index (χ2v) is 4.72. The van der Waals surface area contributed by atoms with E-state index in [-0.39, 0.29) is 17.5 Å². The first-order chi connectivity index (χ1) is 8.95. The van der Waals surface area contributed by atoms with Crippen LogP contribution in [0.25, 0.3) is 0 Å². The van der Waals surface area contributed by atoms with Crippen molar-refractivity contribution in [1.29, 1.82) is 0 Å². The Balaban J connectivity index is 1.97. The van der Waals surface area contributed by atoms with Crippen molar-refractivity contribution in [2.24, 2.45) is 0 Å². The number of nitrogens with two attached hydrogens (primary N) is 2. The molecule has 1 atom stereocenters. The molecule has 102 valence electrons. The van der Waals surface area contributed by atoms with E-state index >= 15 is 0 Å². The molecule has 1 aromatic rings. The molecule has 0 heterocycles. The third-order valence-electron chi connectivity index (χ3n) is 2.79. The van der Waals surface area contributed by atoms with Crippen molar-refractivity contribution in [2.75, 3.05) is 11.5 Å². The zero-order valence-electron chi connectivity index (χ0n) is 10.7. The summed E-state index contributed by atoms with van der Waals surface area (Å²) in [4.78, 5) is 23.5. The van der Waals surface area contributed by atoms with Gasteiger partial charge in [-0.25, -0.2) is 4.79 Å². The number of nitrogen functional groups attached to an aromatic ring is 2. The summed E-state index contributed by atoms with van der Waals surface area (Å²) in [6.07, 6.45) is 1.13. The van der Waals surface area contributed by atoms with E-state index < -0.39 is 12.1 Å². The third kappa shape index (κ3) is 3.61. The van der Waals surface area contributed by atoms with Crippen LogP contribution in [0.15, 0.2) is 18.2 Å². The average molecular weight is 263 g/mol. The molecule has 0 aromatic heterocycles. The summed E-state index contributed by atoms with van der Waals surface area (Å²) in [6.45, 7) is 1.53. The van der Waals surface area contributed by atoms with Gasteiger partial charge in [-0.15, -0.1) is 0 Å². The Labute approximate surface area is 111 Å². The fraction of sp³-hybridized carbons (Fsp3) is 0.385. The van der Waals surface area contributed by atoms with Crippen LogP contribution < -0.4 is 16.8 Å². The Bertz CT molecular complexity index is 492. The maximum Gasteiger partial charge on any atom is 0.339 e. The maximum atomic E-state index is 11.9. The van der Waals surface area contributed by atoms with Crippen molar-refractivity contribution in [3.05, 3.63) is 23.8 Å². The van der Waals surface area contributed by atoms with E-state index in [4.69, 9.17) is 16.2 Å². The van der Waals surface area contributed by atoms with Crippen LogP contribution in [-0.2, 0) is 9.53 Å². The van der Waals surface area contributed by atoms with Gasteiger partial charge in [0.2, 0.25) is 0 Å². The number of hydrogen-bond acceptors (Lipinski definition) is 5. The van der Waals surface area contributed by atoms with Gasteiger partial charge in [0.25, 0.3) is 5.91 Å². The van der Waals surface area contributed by atoms with Crippen LogP contribution in [0.2, 0.25) is 0 Å². The van der Waals surface area contributed by atoms with E-state index in [1.54, 1.807) is 6.07 Å². The standard InChI is InChI=1S/C13H17N3O3/c1-7(12(17)16-11-2-3-11)19-13(18)8-4-9(14)6-10(15)5-8/h4-7,11H,2-3,14-15H2,1H3,(H,16,17). The fourth-order valence-corrected chi connectivity index (χ4v) is 1.62. The molecule has 1 amide bonds. The largest absolute Gasteiger partial charge is 0.449 e. The van der Waals surface area contributed by atoms with Gasteiger partial charge in [-0.2, -0.15) is 0 Å². The molecule has 19 heavy (non-hydrogen) atoms. The van der Waals surface area contributed by atoms with Crippen LogP contribution in [-0.4, -0.2) is 24.0 Å². The molecule has 2 rings (SSSR count). The minimum absolute atomic E-state index is 0.233. The normalized spacial score (nSPS) is 15.6. The van der Waals surface area contributed by atoms with Gasteiger partial charge in [0, 0.05) is 17.4 Å². The number of carbonyl (C=O) groups excluding carboxylic acids is 2. The molecule has 0 saturated heterocycles. The van der Waals surface area contributed by atoms with Gasteiger partial charge in [-0.05, 0) is 38.0 Å². The first kappa shape index (κ1) is 13.2. The van der Waals surface area contributed by atoms with Crippen molar-refractivity contribution >= 4 is 23.3 Å². The SMILES string of the molecule is CC(OC(=O)c1cc(N)cc(N)c1)C(=O)NC1CC1. The predicted molar refractivity (Wildman–Crippen MR) is 71.3 cm³/mol. The zero-order valence-corrected chi connectivity index (χ0v) is 10.7. The van der Waals surface area contributed by atoms with E-state index in [9.17, 15) is 9.59 Å². The number of nitrogens with one attached hydrogen (secondary N) is 1.